The van der Waals surface area contributed by atoms with Gasteiger partial charge in [0.15, 0.2) is 0 Å². The maximum Gasteiger partial charge on any atom is 0.416 e. The molecular weight excluding hydrogens is 357 g/mol. The molecule has 0 heterocycles. The van der Waals surface area contributed by atoms with Crippen molar-refractivity contribution in [3.05, 3.63) is 28.8 Å². The van der Waals surface area contributed by atoms with E-state index >= 15 is 0 Å². The lowest BCUT2D eigenvalue weighted by atomic mass is 10.2. The molecular formula is C13H16ClF3N2O3S. The first-order valence-electron chi connectivity index (χ1n) is 6.69. The molecule has 23 heavy (non-hydrogen) atoms. The Balaban J connectivity index is 2.71. The van der Waals surface area contributed by atoms with Crippen molar-refractivity contribution < 1.29 is 26.4 Å². The molecule has 0 fully saturated rings. The predicted molar refractivity (Wildman–Crippen MR) is 81.8 cm³/mol. The zero-order chi connectivity index (χ0) is 17.7. The van der Waals surface area contributed by atoms with E-state index in [4.69, 9.17) is 11.6 Å². The average Bonchev–Trinajstić information content (AvgIpc) is 2.44. The first-order valence-corrected chi connectivity index (χ1v) is 8.72. The highest BCUT2D eigenvalue weighted by atomic mass is 35.5. The van der Waals surface area contributed by atoms with E-state index in [0.717, 1.165) is 12.1 Å². The molecule has 0 saturated heterocycles. The molecule has 2 N–H and O–H groups in total. The summed E-state index contributed by atoms with van der Waals surface area (Å²) >= 11 is 5.73. The van der Waals surface area contributed by atoms with Crippen LogP contribution in [0, 0.1) is 0 Å². The second kappa shape index (κ2) is 7.98. The monoisotopic (exact) mass is 372 g/mol. The van der Waals surface area contributed by atoms with Gasteiger partial charge in [0.2, 0.25) is 15.9 Å². The Kier molecular flexibility index (Phi) is 6.84. The van der Waals surface area contributed by atoms with E-state index < -0.39 is 34.2 Å². The van der Waals surface area contributed by atoms with Gasteiger partial charge in [-0.2, -0.15) is 13.2 Å². The molecule has 1 aromatic carbocycles. The van der Waals surface area contributed by atoms with Crippen molar-refractivity contribution >= 4 is 33.2 Å². The van der Waals surface area contributed by atoms with Crippen LogP contribution in [0.15, 0.2) is 18.2 Å². The first-order chi connectivity index (χ1) is 10.5. The molecule has 0 atom stereocenters. The summed E-state index contributed by atoms with van der Waals surface area (Å²) in [7, 11) is -3.60. The maximum absolute atomic E-state index is 12.6. The summed E-state index contributed by atoms with van der Waals surface area (Å²) in [6.45, 7) is 1.23. The molecule has 1 amide bonds. The summed E-state index contributed by atoms with van der Waals surface area (Å²) in [4.78, 5) is 11.7. The van der Waals surface area contributed by atoms with Crippen molar-refractivity contribution in [3.63, 3.8) is 0 Å². The topological polar surface area (TPSA) is 75.3 Å². The Morgan fingerprint density at radius 3 is 2.52 bits per heavy atom. The number of carbonyl (C=O) groups is 1. The molecule has 130 valence electrons. The Bertz CT molecular complexity index is 663. The summed E-state index contributed by atoms with van der Waals surface area (Å²) in [6, 6.07) is 2.47. The molecule has 0 aliphatic rings. The fraction of sp³-hybridized carbons (Fsp3) is 0.462. The number of anilines is 1. The number of nitrogens with one attached hydrogen (secondary N) is 2. The highest BCUT2D eigenvalue weighted by Crippen LogP contribution is 2.33. The Labute approximate surface area is 137 Å². The standard InChI is InChI=1S/C13H16ClF3N2O3S/c1-2-3-6-23(21,22)18-8-12(20)19-11-7-9(13(15,16)17)4-5-10(11)14/h4-5,7,18H,2-3,6,8H2,1H3,(H,19,20). The quantitative estimate of drug-likeness (QED) is 0.772. The molecule has 0 unspecified atom stereocenters. The van der Waals surface area contributed by atoms with Gasteiger partial charge >= 0.3 is 6.18 Å². The van der Waals surface area contributed by atoms with Gasteiger partial charge < -0.3 is 5.32 Å². The molecule has 0 aliphatic carbocycles. The minimum atomic E-state index is -4.58. The minimum absolute atomic E-state index is 0.0832. The van der Waals surface area contributed by atoms with Crippen LogP contribution < -0.4 is 10.0 Å². The third-order valence-corrected chi connectivity index (χ3v) is 4.53. The smallest absolute Gasteiger partial charge is 0.324 e. The lowest BCUT2D eigenvalue weighted by Gasteiger charge is -2.12. The highest BCUT2D eigenvalue weighted by molar-refractivity contribution is 7.89. The number of unbranched alkanes of at least 4 members (excludes halogenated alkanes) is 1. The van der Waals surface area contributed by atoms with Crippen LogP contribution in [0.2, 0.25) is 5.02 Å². The van der Waals surface area contributed by atoms with Gasteiger partial charge in [0.25, 0.3) is 0 Å². The number of carbonyl (C=O) groups excluding carboxylic acids is 1. The van der Waals surface area contributed by atoms with Gasteiger partial charge in [-0.05, 0) is 24.6 Å². The van der Waals surface area contributed by atoms with Gasteiger partial charge in [-0.1, -0.05) is 24.9 Å². The second-order valence-corrected chi connectivity index (χ2v) is 7.07. The van der Waals surface area contributed by atoms with Crippen LogP contribution in [0.25, 0.3) is 0 Å². The molecule has 0 aromatic heterocycles. The normalized spacial score (nSPS) is 12.2. The van der Waals surface area contributed by atoms with E-state index in [-0.39, 0.29) is 16.5 Å². The van der Waals surface area contributed by atoms with Gasteiger partial charge in [-0.15, -0.1) is 0 Å². The van der Waals surface area contributed by atoms with Crippen LogP contribution in [0.3, 0.4) is 0 Å². The van der Waals surface area contributed by atoms with Crippen LogP contribution in [0.4, 0.5) is 18.9 Å². The third-order valence-electron chi connectivity index (χ3n) is 2.79. The predicted octanol–water partition coefficient (Wildman–Crippen LogP) is 3.02. The van der Waals surface area contributed by atoms with Crippen molar-refractivity contribution in [2.75, 3.05) is 17.6 Å². The second-order valence-electron chi connectivity index (χ2n) is 4.73. The van der Waals surface area contributed by atoms with E-state index in [1.165, 1.54) is 0 Å². The number of hydrogen-bond donors (Lipinski definition) is 2. The van der Waals surface area contributed by atoms with Gasteiger partial charge in [0.1, 0.15) is 0 Å². The Morgan fingerprint density at radius 1 is 1.30 bits per heavy atom. The number of amides is 1. The van der Waals surface area contributed by atoms with Crippen LogP contribution in [-0.2, 0) is 21.0 Å². The summed E-state index contributed by atoms with van der Waals surface area (Å²) in [5, 5.41) is 2.07. The fourth-order valence-corrected chi connectivity index (χ4v) is 2.90. The van der Waals surface area contributed by atoms with Crippen LogP contribution >= 0.6 is 11.6 Å². The molecule has 10 heteroatoms. The van der Waals surface area contributed by atoms with Crippen molar-refractivity contribution in [3.8, 4) is 0 Å². The zero-order valence-corrected chi connectivity index (χ0v) is 13.8. The maximum atomic E-state index is 12.6. The number of sulfonamides is 1. The lowest BCUT2D eigenvalue weighted by molar-refractivity contribution is -0.137. The molecule has 0 saturated carbocycles. The Hall–Kier alpha value is -1.32. The number of halogens is 4. The van der Waals surface area contributed by atoms with E-state index in [0.29, 0.717) is 18.9 Å². The SMILES string of the molecule is CCCCS(=O)(=O)NCC(=O)Nc1cc(C(F)(F)F)ccc1Cl. The summed E-state index contributed by atoms with van der Waals surface area (Å²) in [6.07, 6.45) is -3.46. The van der Waals surface area contributed by atoms with Crippen molar-refractivity contribution in [2.24, 2.45) is 0 Å². The highest BCUT2D eigenvalue weighted by Gasteiger charge is 2.31. The van der Waals surface area contributed by atoms with E-state index in [9.17, 15) is 26.4 Å². The summed E-state index contributed by atoms with van der Waals surface area (Å²) in [5.74, 6) is -0.938. The molecule has 0 spiro atoms. The molecule has 1 aromatic rings. The number of rotatable bonds is 7. The van der Waals surface area contributed by atoms with Gasteiger partial charge in [0, 0.05) is 0 Å². The van der Waals surface area contributed by atoms with Gasteiger partial charge in [-0.3, -0.25) is 4.79 Å². The summed E-state index contributed by atoms with van der Waals surface area (Å²) in [5.41, 5.74) is -1.21. The average molecular weight is 373 g/mol. The number of hydrogen-bond acceptors (Lipinski definition) is 3. The van der Waals surface area contributed by atoms with Crippen LogP contribution in [0.1, 0.15) is 25.3 Å². The van der Waals surface area contributed by atoms with E-state index in [1.807, 2.05) is 6.92 Å². The third kappa shape index (κ3) is 6.76. The van der Waals surface area contributed by atoms with Gasteiger partial charge in [0.05, 0.1) is 28.6 Å². The number of alkyl halides is 3. The first kappa shape index (κ1) is 19.7. The van der Waals surface area contributed by atoms with Crippen molar-refractivity contribution in [2.45, 2.75) is 25.9 Å². The van der Waals surface area contributed by atoms with E-state index in [2.05, 4.69) is 10.0 Å². The molecule has 0 radical (unpaired) electrons. The number of benzene rings is 1. The fourth-order valence-electron chi connectivity index (χ4n) is 1.57. The zero-order valence-electron chi connectivity index (χ0n) is 12.2. The lowest BCUT2D eigenvalue weighted by Crippen LogP contribution is -2.34. The van der Waals surface area contributed by atoms with Crippen LogP contribution in [0.5, 0.6) is 0 Å². The van der Waals surface area contributed by atoms with Crippen molar-refractivity contribution in [1.29, 1.82) is 0 Å². The van der Waals surface area contributed by atoms with Crippen molar-refractivity contribution in [1.82, 2.24) is 4.72 Å². The molecule has 1 rings (SSSR count). The Morgan fingerprint density at radius 2 is 1.96 bits per heavy atom. The minimum Gasteiger partial charge on any atom is -0.324 e. The summed E-state index contributed by atoms with van der Waals surface area (Å²) < 4.78 is 63.0. The van der Waals surface area contributed by atoms with Crippen LogP contribution in [-0.4, -0.2) is 26.6 Å². The van der Waals surface area contributed by atoms with E-state index in [1.54, 1.807) is 0 Å². The van der Waals surface area contributed by atoms with Gasteiger partial charge in [-0.25, -0.2) is 13.1 Å². The largest absolute Gasteiger partial charge is 0.416 e. The molecule has 0 bridgehead atoms. The molecule has 0 aliphatic heterocycles. The molecule has 5 nitrogen and oxygen atoms in total.